The lowest BCUT2D eigenvalue weighted by molar-refractivity contribution is -0.118. The number of benzene rings is 2. The molecule has 1 N–H and O–H groups in total. The molecule has 1 aromatic heterocycles. The van der Waals surface area contributed by atoms with Gasteiger partial charge in [-0.25, -0.2) is 9.37 Å². The largest absolute Gasteiger partial charge is 0.354 e. The van der Waals surface area contributed by atoms with Gasteiger partial charge in [0.2, 0.25) is 5.91 Å². The van der Waals surface area contributed by atoms with Crippen LogP contribution in [0.15, 0.2) is 47.4 Å². The fourth-order valence-electron chi connectivity index (χ4n) is 3.46. The number of aryl methyl sites for hydroxylation is 1. The predicted molar refractivity (Wildman–Crippen MR) is 123 cm³/mol. The summed E-state index contributed by atoms with van der Waals surface area (Å²) in [6.45, 7) is 7.43. The van der Waals surface area contributed by atoms with Crippen molar-refractivity contribution in [1.29, 1.82) is 0 Å². The smallest absolute Gasteiger partial charge is 0.230 e. The molecule has 0 saturated carbocycles. The molecule has 0 radical (unpaired) electrons. The van der Waals surface area contributed by atoms with Crippen LogP contribution in [0.4, 0.5) is 9.52 Å². The number of aromatic nitrogens is 1. The summed E-state index contributed by atoms with van der Waals surface area (Å²) in [4.78, 5) is 22.5. The zero-order valence-electron chi connectivity index (χ0n) is 16.9. The molecule has 3 aromatic rings. The van der Waals surface area contributed by atoms with E-state index in [1.165, 1.54) is 34.2 Å². The maximum atomic E-state index is 12.9. The van der Waals surface area contributed by atoms with Crippen molar-refractivity contribution in [3.05, 3.63) is 53.8 Å². The van der Waals surface area contributed by atoms with Crippen LogP contribution >= 0.6 is 23.1 Å². The number of amides is 1. The van der Waals surface area contributed by atoms with Crippen molar-refractivity contribution in [3.63, 3.8) is 0 Å². The van der Waals surface area contributed by atoms with Crippen LogP contribution in [-0.2, 0) is 4.79 Å². The van der Waals surface area contributed by atoms with Gasteiger partial charge in [-0.15, -0.1) is 11.8 Å². The molecule has 0 spiro atoms. The minimum atomic E-state index is -0.262. The Bertz CT molecular complexity index is 1000. The molecule has 4 rings (SSSR count). The molecule has 2 aromatic carbocycles. The number of carbonyl (C=O) groups is 1. The normalized spacial score (nSPS) is 14.9. The van der Waals surface area contributed by atoms with Gasteiger partial charge < -0.3 is 10.2 Å². The Morgan fingerprint density at radius 3 is 2.67 bits per heavy atom. The number of rotatable bonds is 7. The first-order chi connectivity index (χ1) is 14.6. The average Bonchev–Trinajstić information content (AvgIpc) is 3.20. The Balaban J connectivity index is 1.17. The van der Waals surface area contributed by atoms with Gasteiger partial charge in [-0.3, -0.25) is 9.69 Å². The van der Waals surface area contributed by atoms with Gasteiger partial charge in [0.25, 0.3) is 0 Å². The highest BCUT2D eigenvalue weighted by molar-refractivity contribution is 8.00. The van der Waals surface area contributed by atoms with Crippen molar-refractivity contribution in [2.45, 2.75) is 11.8 Å². The first-order valence-corrected chi connectivity index (χ1v) is 11.9. The molecule has 0 aliphatic carbocycles. The summed E-state index contributed by atoms with van der Waals surface area (Å²) >= 11 is 3.18. The Labute approximate surface area is 184 Å². The number of thioether (sulfide) groups is 1. The molecule has 1 saturated heterocycles. The van der Waals surface area contributed by atoms with E-state index in [0.29, 0.717) is 12.3 Å². The second-order valence-electron chi connectivity index (χ2n) is 7.34. The van der Waals surface area contributed by atoms with E-state index in [-0.39, 0.29) is 11.7 Å². The lowest BCUT2D eigenvalue weighted by atomic mass is 10.2. The van der Waals surface area contributed by atoms with E-state index in [1.54, 1.807) is 23.5 Å². The number of thiazole rings is 1. The molecule has 2 heterocycles. The number of nitrogens with one attached hydrogen (secondary N) is 1. The molecular weight excluding hydrogens is 419 g/mol. The predicted octanol–water partition coefficient (Wildman–Crippen LogP) is 3.77. The van der Waals surface area contributed by atoms with Crippen LogP contribution in [0.2, 0.25) is 0 Å². The topological polar surface area (TPSA) is 48.5 Å². The van der Waals surface area contributed by atoms with Gasteiger partial charge in [0.05, 0.1) is 16.0 Å². The van der Waals surface area contributed by atoms with Gasteiger partial charge in [-0.1, -0.05) is 23.5 Å². The van der Waals surface area contributed by atoms with Gasteiger partial charge in [-0.05, 0) is 42.8 Å². The summed E-state index contributed by atoms with van der Waals surface area (Å²) in [6, 6.07) is 12.5. The molecule has 1 fully saturated rings. The van der Waals surface area contributed by atoms with Gasteiger partial charge in [-0.2, -0.15) is 0 Å². The first-order valence-electron chi connectivity index (χ1n) is 10.1. The fraction of sp³-hybridized carbons (Fsp3) is 0.364. The molecule has 0 atom stereocenters. The van der Waals surface area contributed by atoms with E-state index < -0.39 is 0 Å². The lowest BCUT2D eigenvalue weighted by Gasteiger charge is -2.34. The molecule has 30 heavy (non-hydrogen) atoms. The van der Waals surface area contributed by atoms with E-state index in [4.69, 9.17) is 4.98 Å². The van der Waals surface area contributed by atoms with E-state index in [1.807, 2.05) is 0 Å². The van der Waals surface area contributed by atoms with Crippen LogP contribution in [0.3, 0.4) is 0 Å². The standard InChI is InChI=1S/C22H25FN4OS2/c1-16-3-2-4-19-21(16)25-22(30-19)27-13-11-26(12-14-27)10-9-24-20(28)15-29-18-7-5-17(23)6-8-18/h2-8H,9-15H2,1H3,(H,24,28). The molecule has 8 heteroatoms. The van der Waals surface area contributed by atoms with Crippen LogP contribution in [0, 0.1) is 12.7 Å². The number of halogens is 1. The van der Waals surface area contributed by atoms with Crippen molar-refractivity contribution in [1.82, 2.24) is 15.2 Å². The molecule has 1 aliphatic heterocycles. The number of hydrogen-bond acceptors (Lipinski definition) is 6. The number of anilines is 1. The summed E-state index contributed by atoms with van der Waals surface area (Å²) in [6.07, 6.45) is 0. The quantitative estimate of drug-likeness (QED) is 0.562. The summed E-state index contributed by atoms with van der Waals surface area (Å²) < 4.78 is 14.2. The molecule has 0 bridgehead atoms. The third kappa shape index (κ3) is 5.30. The fourth-order valence-corrected chi connectivity index (χ4v) is 5.28. The van der Waals surface area contributed by atoms with Crippen molar-refractivity contribution < 1.29 is 9.18 Å². The van der Waals surface area contributed by atoms with Gasteiger partial charge in [0, 0.05) is 44.2 Å². The Morgan fingerprint density at radius 1 is 1.17 bits per heavy atom. The number of hydrogen-bond donors (Lipinski definition) is 1. The number of para-hydroxylation sites is 1. The zero-order chi connectivity index (χ0) is 20.9. The summed E-state index contributed by atoms with van der Waals surface area (Å²) in [5, 5.41) is 4.08. The lowest BCUT2D eigenvalue weighted by Crippen LogP contribution is -2.48. The van der Waals surface area contributed by atoms with Crippen LogP contribution < -0.4 is 10.2 Å². The maximum Gasteiger partial charge on any atom is 0.230 e. The highest BCUT2D eigenvalue weighted by Gasteiger charge is 2.20. The number of nitrogens with zero attached hydrogens (tertiary/aromatic N) is 3. The van der Waals surface area contributed by atoms with Crippen molar-refractivity contribution >= 4 is 44.4 Å². The van der Waals surface area contributed by atoms with Gasteiger partial charge in [0.1, 0.15) is 5.82 Å². The summed E-state index contributed by atoms with van der Waals surface area (Å²) in [7, 11) is 0. The molecular formula is C22H25FN4OS2. The van der Waals surface area contributed by atoms with E-state index in [2.05, 4.69) is 40.2 Å². The number of carbonyl (C=O) groups excluding carboxylic acids is 1. The molecule has 1 amide bonds. The monoisotopic (exact) mass is 444 g/mol. The van der Waals surface area contributed by atoms with Crippen molar-refractivity contribution in [3.8, 4) is 0 Å². The minimum Gasteiger partial charge on any atom is -0.354 e. The summed E-state index contributed by atoms with van der Waals surface area (Å²) in [5.41, 5.74) is 2.34. The van der Waals surface area contributed by atoms with Crippen LogP contribution in [0.5, 0.6) is 0 Å². The highest BCUT2D eigenvalue weighted by Crippen LogP contribution is 2.30. The van der Waals surface area contributed by atoms with E-state index in [0.717, 1.165) is 48.3 Å². The van der Waals surface area contributed by atoms with Gasteiger partial charge >= 0.3 is 0 Å². The second-order valence-corrected chi connectivity index (χ2v) is 9.40. The number of fused-ring (bicyclic) bond motifs is 1. The molecule has 5 nitrogen and oxygen atoms in total. The second kappa shape index (κ2) is 9.76. The number of piperazine rings is 1. The van der Waals surface area contributed by atoms with Crippen molar-refractivity contribution in [2.75, 3.05) is 49.9 Å². The van der Waals surface area contributed by atoms with E-state index >= 15 is 0 Å². The Morgan fingerprint density at radius 2 is 1.93 bits per heavy atom. The minimum absolute atomic E-state index is 0.00723. The van der Waals surface area contributed by atoms with Crippen molar-refractivity contribution in [2.24, 2.45) is 0 Å². The van der Waals surface area contributed by atoms with Crippen LogP contribution in [-0.4, -0.2) is 60.8 Å². The highest BCUT2D eigenvalue weighted by atomic mass is 32.2. The average molecular weight is 445 g/mol. The third-order valence-corrected chi connectivity index (χ3v) is 7.28. The molecule has 0 unspecified atom stereocenters. The maximum absolute atomic E-state index is 12.9. The third-order valence-electron chi connectivity index (χ3n) is 5.19. The summed E-state index contributed by atoms with van der Waals surface area (Å²) in [5.74, 6) is 0.0890. The van der Waals surface area contributed by atoms with Crippen LogP contribution in [0.25, 0.3) is 10.2 Å². The van der Waals surface area contributed by atoms with Crippen LogP contribution in [0.1, 0.15) is 5.56 Å². The van der Waals surface area contributed by atoms with E-state index in [9.17, 15) is 9.18 Å². The Hall–Kier alpha value is -2.16. The first kappa shape index (κ1) is 21.1. The Kier molecular flexibility index (Phi) is 6.86. The molecule has 1 aliphatic rings. The van der Waals surface area contributed by atoms with Gasteiger partial charge in [0.15, 0.2) is 5.13 Å². The SMILES string of the molecule is Cc1cccc2sc(N3CCN(CCNC(=O)CSc4ccc(F)cc4)CC3)nc12. The molecule has 158 valence electrons. The zero-order valence-corrected chi connectivity index (χ0v) is 18.6.